The van der Waals surface area contributed by atoms with E-state index in [1.54, 1.807) is 6.07 Å². The third-order valence-electron chi connectivity index (χ3n) is 2.87. The van der Waals surface area contributed by atoms with E-state index >= 15 is 0 Å². The summed E-state index contributed by atoms with van der Waals surface area (Å²) in [6.07, 6.45) is 4.48. The van der Waals surface area contributed by atoms with Gasteiger partial charge in [0.25, 0.3) is 0 Å². The van der Waals surface area contributed by atoms with Crippen LogP contribution in [0.5, 0.6) is 5.75 Å². The van der Waals surface area contributed by atoms with E-state index in [2.05, 4.69) is 10.1 Å². The maximum atomic E-state index is 13.4. The summed E-state index contributed by atoms with van der Waals surface area (Å²) in [7, 11) is 0. The minimum atomic E-state index is -3.00. The topological polar surface area (TPSA) is 21.3 Å². The molecule has 0 atom stereocenters. The van der Waals surface area contributed by atoms with E-state index in [9.17, 15) is 13.2 Å². The van der Waals surface area contributed by atoms with E-state index in [4.69, 9.17) is 0 Å². The number of halogens is 3. The molecule has 5 heteroatoms. The van der Waals surface area contributed by atoms with Gasteiger partial charge < -0.3 is 10.1 Å². The van der Waals surface area contributed by atoms with Crippen molar-refractivity contribution < 1.29 is 17.9 Å². The molecule has 17 heavy (non-hydrogen) atoms. The van der Waals surface area contributed by atoms with Crippen LogP contribution in [0.1, 0.15) is 25.7 Å². The fourth-order valence-electron chi connectivity index (χ4n) is 2.09. The molecule has 94 valence electrons. The van der Waals surface area contributed by atoms with E-state index in [0.717, 1.165) is 12.8 Å². The predicted octanol–water partition coefficient (Wildman–Crippen LogP) is 3.78. The molecule has 0 amide bonds. The number of rotatable bonds is 4. The molecule has 0 saturated heterocycles. The number of alkyl halides is 2. The Labute approximate surface area is 97.8 Å². The smallest absolute Gasteiger partial charge is 0.387 e. The molecule has 1 aliphatic rings. The zero-order valence-corrected chi connectivity index (χ0v) is 9.26. The van der Waals surface area contributed by atoms with Crippen LogP contribution in [0.25, 0.3) is 0 Å². The van der Waals surface area contributed by atoms with Crippen LogP contribution in [0.2, 0.25) is 0 Å². The summed E-state index contributed by atoms with van der Waals surface area (Å²) in [4.78, 5) is 0. The molecule has 1 aromatic rings. The SMILES string of the molecule is Fc1cc(NC2CCCC2)ccc1OC(F)F. The molecule has 0 bridgehead atoms. The van der Waals surface area contributed by atoms with E-state index in [1.165, 1.54) is 25.0 Å². The Balaban J connectivity index is 2.02. The van der Waals surface area contributed by atoms with Crippen LogP contribution < -0.4 is 10.1 Å². The van der Waals surface area contributed by atoms with Crippen LogP contribution in [0.3, 0.4) is 0 Å². The summed E-state index contributed by atoms with van der Waals surface area (Å²) in [5, 5.41) is 3.18. The molecule has 1 aromatic carbocycles. The third-order valence-corrected chi connectivity index (χ3v) is 2.87. The van der Waals surface area contributed by atoms with Gasteiger partial charge in [-0.1, -0.05) is 12.8 Å². The highest BCUT2D eigenvalue weighted by Gasteiger charge is 2.16. The monoisotopic (exact) mass is 245 g/mol. The first kappa shape index (κ1) is 12.1. The molecule has 1 saturated carbocycles. The lowest BCUT2D eigenvalue weighted by atomic mass is 10.2. The molecule has 0 unspecified atom stereocenters. The molecular formula is C12H14F3NO. The molecule has 1 N–H and O–H groups in total. The van der Waals surface area contributed by atoms with Crippen LogP contribution >= 0.6 is 0 Å². The molecule has 1 aliphatic carbocycles. The van der Waals surface area contributed by atoms with E-state index < -0.39 is 18.2 Å². The second kappa shape index (κ2) is 5.29. The lowest BCUT2D eigenvalue weighted by Gasteiger charge is -2.14. The number of benzene rings is 1. The maximum Gasteiger partial charge on any atom is 0.387 e. The summed E-state index contributed by atoms with van der Waals surface area (Å²) in [6, 6.07) is 4.32. The Kier molecular flexibility index (Phi) is 3.76. The fourth-order valence-corrected chi connectivity index (χ4v) is 2.09. The minimum absolute atomic E-state index is 0.358. The molecule has 0 radical (unpaired) electrons. The first-order chi connectivity index (χ1) is 8.15. The summed E-state index contributed by atoms with van der Waals surface area (Å²) in [6.45, 7) is -3.00. The summed E-state index contributed by atoms with van der Waals surface area (Å²) in [5.41, 5.74) is 0.607. The zero-order valence-electron chi connectivity index (χ0n) is 9.26. The van der Waals surface area contributed by atoms with Crippen LogP contribution in [0.15, 0.2) is 18.2 Å². The highest BCUT2D eigenvalue weighted by molar-refractivity contribution is 5.48. The van der Waals surface area contributed by atoms with Crippen molar-refractivity contribution in [1.82, 2.24) is 0 Å². The normalized spacial score (nSPS) is 16.5. The standard InChI is InChI=1S/C12H14F3NO/c13-10-7-9(16-8-3-1-2-4-8)5-6-11(10)17-12(14)15/h5-8,12,16H,1-4H2. The van der Waals surface area contributed by atoms with Gasteiger partial charge in [-0.3, -0.25) is 0 Å². The molecule has 1 fully saturated rings. The first-order valence-corrected chi connectivity index (χ1v) is 5.66. The molecule has 2 rings (SSSR count). The van der Waals surface area contributed by atoms with Gasteiger partial charge in [-0.05, 0) is 25.0 Å². The minimum Gasteiger partial charge on any atom is -0.432 e. The van der Waals surface area contributed by atoms with Gasteiger partial charge in [0.1, 0.15) is 0 Å². The highest BCUT2D eigenvalue weighted by Crippen LogP contribution is 2.26. The molecule has 0 aromatic heterocycles. The Morgan fingerprint density at radius 2 is 1.94 bits per heavy atom. The van der Waals surface area contributed by atoms with Crippen molar-refractivity contribution in [3.05, 3.63) is 24.0 Å². The molecule has 0 spiro atoms. The van der Waals surface area contributed by atoms with Crippen molar-refractivity contribution in [2.45, 2.75) is 38.3 Å². The summed E-state index contributed by atoms with van der Waals surface area (Å²) in [5.74, 6) is -1.19. The number of hydrogen-bond donors (Lipinski definition) is 1. The maximum absolute atomic E-state index is 13.4. The number of nitrogens with one attached hydrogen (secondary N) is 1. The largest absolute Gasteiger partial charge is 0.432 e. The van der Waals surface area contributed by atoms with Crippen molar-refractivity contribution in [2.24, 2.45) is 0 Å². The number of ether oxygens (including phenoxy) is 1. The summed E-state index contributed by atoms with van der Waals surface area (Å²) >= 11 is 0. The van der Waals surface area contributed by atoms with Crippen LogP contribution in [-0.4, -0.2) is 12.7 Å². The van der Waals surface area contributed by atoms with Crippen molar-refractivity contribution >= 4 is 5.69 Å². The first-order valence-electron chi connectivity index (χ1n) is 5.66. The number of anilines is 1. The predicted molar refractivity (Wildman–Crippen MR) is 58.9 cm³/mol. The van der Waals surface area contributed by atoms with Crippen LogP contribution in [0.4, 0.5) is 18.9 Å². The van der Waals surface area contributed by atoms with Gasteiger partial charge >= 0.3 is 6.61 Å². The second-order valence-electron chi connectivity index (χ2n) is 4.15. The van der Waals surface area contributed by atoms with Gasteiger partial charge in [-0.25, -0.2) is 4.39 Å². The lowest BCUT2D eigenvalue weighted by Crippen LogP contribution is -2.14. The van der Waals surface area contributed by atoms with Crippen LogP contribution in [-0.2, 0) is 0 Å². The van der Waals surface area contributed by atoms with E-state index in [1.807, 2.05) is 0 Å². The van der Waals surface area contributed by atoms with Crippen molar-refractivity contribution in [3.8, 4) is 5.75 Å². The van der Waals surface area contributed by atoms with Crippen molar-refractivity contribution in [3.63, 3.8) is 0 Å². The lowest BCUT2D eigenvalue weighted by molar-refractivity contribution is -0.0521. The van der Waals surface area contributed by atoms with Gasteiger partial charge in [-0.2, -0.15) is 8.78 Å². The summed E-state index contributed by atoms with van der Waals surface area (Å²) < 4.78 is 41.3. The average Bonchev–Trinajstić information content (AvgIpc) is 2.74. The van der Waals surface area contributed by atoms with Gasteiger partial charge in [0, 0.05) is 17.8 Å². The fraction of sp³-hybridized carbons (Fsp3) is 0.500. The average molecular weight is 245 g/mol. The Morgan fingerprint density at radius 1 is 1.24 bits per heavy atom. The second-order valence-corrected chi connectivity index (χ2v) is 4.15. The highest BCUT2D eigenvalue weighted by atomic mass is 19.3. The van der Waals surface area contributed by atoms with E-state index in [0.29, 0.717) is 11.7 Å². The molecule has 2 nitrogen and oxygen atoms in total. The van der Waals surface area contributed by atoms with Gasteiger partial charge in [0.2, 0.25) is 0 Å². The molecule has 0 aliphatic heterocycles. The Bertz CT molecular complexity index is 378. The number of hydrogen-bond acceptors (Lipinski definition) is 2. The molecule has 0 heterocycles. The zero-order chi connectivity index (χ0) is 12.3. The third kappa shape index (κ3) is 3.28. The van der Waals surface area contributed by atoms with Gasteiger partial charge in [0.15, 0.2) is 11.6 Å². The van der Waals surface area contributed by atoms with Crippen molar-refractivity contribution in [1.29, 1.82) is 0 Å². The van der Waals surface area contributed by atoms with Crippen LogP contribution in [0, 0.1) is 5.82 Å². The quantitative estimate of drug-likeness (QED) is 0.871. The Hall–Kier alpha value is -1.39. The molecular weight excluding hydrogens is 231 g/mol. The Morgan fingerprint density at radius 3 is 2.53 bits per heavy atom. The van der Waals surface area contributed by atoms with Crippen molar-refractivity contribution in [2.75, 3.05) is 5.32 Å². The van der Waals surface area contributed by atoms with Gasteiger partial charge in [0.05, 0.1) is 0 Å². The van der Waals surface area contributed by atoms with Gasteiger partial charge in [-0.15, -0.1) is 0 Å². The van der Waals surface area contributed by atoms with E-state index in [-0.39, 0.29) is 0 Å².